The highest BCUT2D eigenvalue weighted by molar-refractivity contribution is 5.23. The van der Waals surface area contributed by atoms with Crippen molar-refractivity contribution in [3.05, 3.63) is 17.5 Å². The van der Waals surface area contributed by atoms with Gasteiger partial charge in [-0.1, -0.05) is 0 Å². The SMILES string of the molecule is COCCOCCOc1nc(C)cc(C#N)n1. The minimum Gasteiger partial charge on any atom is -0.461 e. The normalized spacial score (nSPS) is 9.94. The zero-order valence-corrected chi connectivity index (χ0v) is 9.97. The molecule has 0 atom stereocenters. The minimum atomic E-state index is 0.205. The van der Waals surface area contributed by atoms with E-state index in [0.717, 1.165) is 0 Å². The number of hydrogen-bond acceptors (Lipinski definition) is 6. The number of aryl methyl sites for hydroxylation is 1. The Balaban J connectivity index is 2.32. The van der Waals surface area contributed by atoms with E-state index in [-0.39, 0.29) is 6.01 Å². The highest BCUT2D eigenvalue weighted by atomic mass is 16.5. The molecule has 0 radical (unpaired) electrons. The number of hydrogen-bond donors (Lipinski definition) is 0. The van der Waals surface area contributed by atoms with Crippen molar-refractivity contribution in [3.63, 3.8) is 0 Å². The van der Waals surface area contributed by atoms with Gasteiger partial charge in [0.05, 0.1) is 19.8 Å². The first kappa shape index (κ1) is 13.4. The summed E-state index contributed by atoms with van der Waals surface area (Å²) in [5, 5.41) is 8.72. The first-order valence-electron chi connectivity index (χ1n) is 5.21. The van der Waals surface area contributed by atoms with Gasteiger partial charge in [-0.25, -0.2) is 4.98 Å². The molecule has 0 saturated carbocycles. The lowest BCUT2D eigenvalue weighted by atomic mass is 10.3. The molecule has 1 aromatic rings. The molecule has 0 spiro atoms. The molecule has 0 bridgehead atoms. The third-order valence-corrected chi connectivity index (χ3v) is 1.84. The Morgan fingerprint density at radius 1 is 1.24 bits per heavy atom. The van der Waals surface area contributed by atoms with Crippen LogP contribution in [0.4, 0.5) is 0 Å². The third-order valence-electron chi connectivity index (χ3n) is 1.84. The van der Waals surface area contributed by atoms with Crippen LogP contribution in [-0.2, 0) is 9.47 Å². The maximum Gasteiger partial charge on any atom is 0.317 e. The van der Waals surface area contributed by atoms with Crippen LogP contribution in [0.5, 0.6) is 6.01 Å². The number of methoxy groups -OCH3 is 1. The Morgan fingerprint density at radius 2 is 2.00 bits per heavy atom. The second-order valence-electron chi connectivity index (χ2n) is 3.24. The lowest BCUT2D eigenvalue weighted by molar-refractivity contribution is 0.0528. The largest absolute Gasteiger partial charge is 0.461 e. The van der Waals surface area contributed by atoms with Crippen molar-refractivity contribution in [2.45, 2.75) is 6.92 Å². The molecule has 92 valence electrons. The van der Waals surface area contributed by atoms with Gasteiger partial charge >= 0.3 is 6.01 Å². The molecule has 0 aliphatic carbocycles. The van der Waals surface area contributed by atoms with E-state index >= 15 is 0 Å². The molecule has 6 nitrogen and oxygen atoms in total. The molecule has 1 heterocycles. The van der Waals surface area contributed by atoms with Gasteiger partial charge in [-0.2, -0.15) is 10.2 Å². The molecule has 0 aromatic carbocycles. The van der Waals surface area contributed by atoms with E-state index in [1.807, 2.05) is 6.07 Å². The molecule has 0 saturated heterocycles. The molecule has 0 N–H and O–H groups in total. The first-order chi connectivity index (χ1) is 8.26. The van der Waals surface area contributed by atoms with Crippen LogP contribution in [0, 0.1) is 18.3 Å². The smallest absolute Gasteiger partial charge is 0.317 e. The van der Waals surface area contributed by atoms with E-state index < -0.39 is 0 Å². The van der Waals surface area contributed by atoms with Crippen LogP contribution >= 0.6 is 0 Å². The molecule has 0 fully saturated rings. The van der Waals surface area contributed by atoms with Crippen LogP contribution < -0.4 is 4.74 Å². The zero-order chi connectivity index (χ0) is 12.5. The van der Waals surface area contributed by atoms with Crippen molar-refractivity contribution in [2.24, 2.45) is 0 Å². The van der Waals surface area contributed by atoms with Crippen LogP contribution in [0.25, 0.3) is 0 Å². The molecule has 0 amide bonds. The Labute approximate surface area is 100 Å². The van der Waals surface area contributed by atoms with E-state index in [4.69, 9.17) is 19.5 Å². The molecule has 0 aliphatic heterocycles. The topological polar surface area (TPSA) is 77.3 Å². The maximum absolute atomic E-state index is 8.72. The van der Waals surface area contributed by atoms with Crippen molar-refractivity contribution >= 4 is 0 Å². The van der Waals surface area contributed by atoms with Crippen molar-refractivity contribution in [1.82, 2.24) is 9.97 Å². The molecular weight excluding hydrogens is 222 g/mol. The monoisotopic (exact) mass is 237 g/mol. The Morgan fingerprint density at radius 3 is 2.71 bits per heavy atom. The van der Waals surface area contributed by atoms with Crippen molar-refractivity contribution in [1.29, 1.82) is 5.26 Å². The fraction of sp³-hybridized carbons (Fsp3) is 0.545. The second-order valence-corrected chi connectivity index (χ2v) is 3.24. The molecule has 0 unspecified atom stereocenters. The zero-order valence-electron chi connectivity index (χ0n) is 9.97. The Hall–Kier alpha value is -1.71. The standard InChI is InChI=1S/C11H15N3O3/c1-9-7-10(8-12)14-11(13-9)17-6-5-16-4-3-15-2/h7H,3-6H2,1-2H3. The summed E-state index contributed by atoms with van der Waals surface area (Å²) in [6, 6.07) is 3.75. The molecule has 1 aromatic heterocycles. The van der Waals surface area contributed by atoms with Crippen LogP contribution in [0.3, 0.4) is 0 Å². The fourth-order valence-electron chi connectivity index (χ4n) is 1.10. The Bertz CT molecular complexity index is 390. The van der Waals surface area contributed by atoms with E-state index in [1.54, 1.807) is 20.1 Å². The minimum absolute atomic E-state index is 0.205. The number of ether oxygens (including phenoxy) is 3. The second kappa shape index (κ2) is 7.54. The van der Waals surface area contributed by atoms with Gasteiger partial charge in [-0.15, -0.1) is 0 Å². The number of nitrogens with zero attached hydrogens (tertiary/aromatic N) is 3. The van der Waals surface area contributed by atoms with Gasteiger partial charge in [0, 0.05) is 12.8 Å². The van der Waals surface area contributed by atoms with Crippen LogP contribution in [0.1, 0.15) is 11.4 Å². The molecule has 1 rings (SSSR count). The number of nitriles is 1. The van der Waals surface area contributed by atoms with Gasteiger partial charge in [-0.3, -0.25) is 0 Å². The lowest BCUT2D eigenvalue weighted by Crippen LogP contribution is -2.11. The summed E-state index contributed by atoms with van der Waals surface area (Å²) in [5.74, 6) is 0. The van der Waals surface area contributed by atoms with Crippen molar-refractivity contribution in [2.75, 3.05) is 33.5 Å². The van der Waals surface area contributed by atoms with Crippen molar-refractivity contribution < 1.29 is 14.2 Å². The molecule has 6 heteroatoms. The van der Waals surface area contributed by atoms with Crippen LogP contribution in [0.2, 0.25) is 0 Å². The van der Waals surface area contributed by atoms with Gasteiger partial charge in [0.15, 0.2) is 0 Å². The lowest BCUT2D eigenvalue weighted by Gasteiger charge is -2.06. The average molecular weight is 237 g/mol. The van der Waals surface area contributed by atoms with Gasteiger partial charge < -0.3 is 14.2 Å². The van der Waals surface area contributed by atoms with E-state index in [1.165, 1.54) is 0 Å². The molecular formula is C11H15N3O3. The van der Waals surface area contributed by atoms with Crippen molar-refractivity contribution in [3.8, 4) is 12.1 Å². The summed E-state index contributed by atoms with van der Waals surface area (Å²) in [5.41, 5.74) is 1.000. The summed E-state index contributed by atoms with van der Waals surface area (Å²) < 4.78 is 15.3. The quantitative estimate of drug-likeness (QED) is 0.649. The number of aromatic nitrogens is 2. The average Bonchev–Trinajstić information content (AvgIpc) is 2.33. The fourth-order valence-corrected chi connectivity index (χ4v) is 1.10. The number of rotatable bonds is 7. The van der Waals surface area contributed by atoms with E-state index in [2.05, 4.69) is 9.97 Å². The first-order valence-corrected chi connectivity index (χ1v) is 5.21. The highest BCUT2D eigenvalue weighted by Gasteiger charge is 2.02. The highest BCUT2D eigenvalue weighted by Crippen LogP contribution is 2.05. The van der Waals surface area contributed by atoms with Gasteiger partial charge in [0.2, 0.25) is 0 Å². The third kappa shape index (κ3) is 5.24. The maximum atomic E-state index is 8.72. The van der Waals surface area contributed by atoms with E-state index in [0.29, 0.717) is 37.8 Å². The van der Waals surface area contributed by atoms with Crippen LogP contribution in [0.15, 0.2) is 6.07 Å². The van der Waals surface area contributed by atoms with Gasteiger partial charge in [0.25, 0.3) is 0 Å². The summed E-state index contributed by atoms with van der Waals surface area (Å²) in [4.78, 5) is 7.96. The predicted octanol–water partition coefficient (Wildman–Crippen LogP) is 0.698. The van der Waals surface area contributed by atoms with E-state index in [9.17, 15) is 0 Å². The summed E-state index contributed by atoms with van der Waals surface area (Å²) in [6.07, 6.45) is 0. The molecule has 0 aliphatic rings. The van der Waals surface area contributed by atoms with Crippen LogP contribution in [-0.4, -0.2) is 43.5 Å². The Kier molecular flexibility index (Phi) is 5.93. The molecule has 17 heavy (non-hydrogen) atoms. The van der Waals surface area contributed by atoms with Gasteiger partial charge in [-0.05, 0) is 13.0 Å². The van der Waals surface area contributed by atoms with Gasteiger partial charge in [0.1, 0.15) is 18.4 Å². The summed E-state index contributed by atoms with van der Waals surface area (Å²) in [6.45, 7) is 3.64. The summed E-state index contributed by atoms with van der Waals surface area (Å²) >= 11 is 0. The summed E-state index contributed by atoms with van der Waals surface area (Å²) in [7, 11) is 1.61. The predicted molar refractivity (Wildman–Crippen MR) is 59.7 cm³/mol.